The molecule has 0 fully saturated rings. The summed E-state index contributed by atoms with van der Waals surface area (Å²) in [5.41, 5.74) is 10.7. The molecule has 0 radical (unpaired) electrons. The molecular formula is C7H11N3OS. The van der Waals surface area contributed by atoms with E-state index >= 15 is 0 Å². The Morgan fingerprint density at radius 2 is 2.08 bits per heavy atom. The summed E-state index contributed by atoms with van der Waals surface area (Å²) in [6.07, 6.45) is 4.54. The van der Waals surface area contributed by atoms with Crippen molar-refractivity contribution < 1.29 is 4.79 Å². The number of rotatable bonds is 4. The standard InChI is InChI=1S/C7H11N3OS/c1-10-3-2-5(8)4-6(12)7(9)11/h2-4,10H,8H2,1H3,(H2,9,11)/b3-2-,5-4?. The predicted octanol–water partition coefficient (Wildman–Crippen LogP) is -0.583. The average molecular weight is 185 g/mol. The quantitative estimate of drug-likeness (QED) is 0.311. The van der Waals surface area contributed by atoms with Crippen LogP contribution in [0.1, 0.15) is 0 Å². The van der Waals surface area contributed by atoms with Gasteiger partial charge in [-0.3, -0.25) is 4.79 Å². The van der Waals surface area contributed by atoms with Gasteiger partial charge in [0, 0.05) is 12.7 Å². The Morgan fingerprint density at radius 1 is 1.50 bits per heavy atom. The summed E-state index contributed by atoms with van der Waals surface area (Å²) in [5, 5.41) is 2.74. The number of carbonyl (C=O) groups is 1. The fourth-order valence-electron chi connectivity index (χ4n) is 0.450. The topological polar surface area (TPSA) is 81.1 Å². The molecule has 0 bridgehead atoms. The molecule has 0 rings (SSSR count). The van der Waals surface area contributed by atoms with Crippen LogP contribution in [0.2, 0.25) is 0 Å². The zero-order valence-electron chi connectivity index (χ0n) is 6.70. The fourth-order valence-corrected chi connectivity index (χ4v) is 0.586. The first kappa shape index (κ1) is 10.6. The van der Waals surface area contributed by atoms with Crippen molar-refractivity contribution in [1.29, 1.82) is 0 Å². The Kier molecular flexibility index (Phi) is 4.71. The van der Waals surface area contributed by atoms with E-state index in [1.807, 2.05) is 0 Å². The van der Waals surface area contributed by atoms with Gasteiger partial charge in [-0.05, 0) is 18.4 Å². The molecule has 0 saturated carbocycles. The van der Waals surface area contributed by atoms with E-state index in [1.54, 1.807) is 19.3 Å². The molecule has 0 aliphatic heterocycles. The summed E-state index contributed by atoms with van der Waals surface area (Å²) < 4.78 is 0. The molecule has 0 aromatic heterocycles. The first-order chi connectivity index (χ1) is 5.57. The van der Waals surface area contributed by atoms with Crippen LogP contribution >= 0.6 is 12.2 Å². The number of amides is 1. The van der Waals surface area contributed by atoms with E-state index in [-0.39, 0.29) is 4.86 Å². The first-order valence-corrected chi connectivity index (χ1v) is 3.63. The maximum Gasteiger partial charge on any atom is 0.259 e. The summed E-state index contributed by atoms with van der Waals surface area (Å²) in [7, 11) is 1.73. The van der Waals surface area contributed by atoms with Crippen molar-refractivity contribution in [2.45, 2.75) is 0 Å². The van der Waals surface area contributed by atoms with E-state index in [1.165, 1.54) is 6.08 Å². The van der Waals surface area contributed by atoms with Gasteiger partial charge in [0.15, 0.2) is 0 Å². The Morgan fingerprint density at radius 3 is 2.50 bits per heavy atom. The predicted molar refractivity (Wildman–Crippen MR) is 52.3 cm³/mol. The second-order valence-corrected chi connectivity index (χ2v) is 2.43. The summed E-state index contributed by atoms with van der Waals surface area (Å²) in [5.74, 6) is -0.647. The van der Waals surface area contributed by atoms with Crippen LogP contribution in [0.3, 0.4) is 0 Å². The molecule has 0 saturated heterocycles. The Labute approximate surface area is 76.3 Å². The van der Waals surface area contributed by atoms with E-state index in [9.17, 15) is 4.79 Å². The number of allylic oxidation sites excluding steroid dienone is 1. The van der Waals surface area contributed by atoms with Gasteiger partial charge in [-0.2, -0.15) is 0 Å². The Bertz CT molecular complexity index is 245. The highest BCUT2D eigenvalue weighted by molar-refractivity contribution is 7.82. The summed E-state index contributed by atoms with van der Waals surface area (Å²) in [6, 6.07) is 0. The second kappa shape index (κ2) is 5.31. The zero-order valence-corrected chi connectivity index (χ0v) is 7.52. The number of carbonyl (C=O) groups excluding carboxylic acids is 1. The lowest BCUT2D eigenvalue weighted by Crippen LogP contribution is -2.20. The van der Waals surface area contributed by atoms with Crippen LogP contribution < -0.4 is 16.8 Å². The molecule has 12 heavy (non-hydrogen) atoms. The highest BCUT2D eigenvalue weighted by atomic mass is 32.1. The van der Waals surface area contributed by atoms with Crippen LogP contribution in [0.15, 0.2) is 24.0 Å². The molecule has 0 aliphatic rings. The van der Waals surface area contributed by atoms with Crippen molar-refractivity contribution in [3.05, 3.63) is 24.0 Å². The lowest BCUT2D eigenvalue weighted by atomic mass is 10.3. The molecule has 4 nitrogen and oxygen atoms in total. The second-order valence-electron chi connectivity index (χ2n) is 1.99. The molecule has 5 heteroatoms. The van der Waals surface area contributed by atoms with Crippen molar-refractivity contribution in [3.8, 4) is 0 Å². The van der Waals surface area contributed by atoms with Crippen molar-refractivity contribution >= 4 is 23.0 Å². The number of primary amides is 1. The van der Waals surface area contributed by atoms with Crippen molar-refractivity contribution in [2.75, 3.05) is 7.05 Å². The molecule has 0 aromatic rings. The molecule has 1 amide bonds. The van der Waals surface area contributed by atoms with E-state index in [0.717, 1.165) is 0 Å². The number of thiocarbonyl (C=S) groups is 1. The van der Waals surface area contributed by atoms with Gasteiger partial charge in [0.05, 0.1) is 0 Å². The first-order valence-electron chi connectivity index (χ1n) is 3.22. The van der Waals surface area contributed by atoms with Crippen LogP contribution in [0.5, 0.6) is 0 Å². The number of hydrogen-bond donors (Lipinski definition) is 3. The van der Waals surface area contributed by atoms with Gasteiger partial charge in [0.2, 0.25) is 0 Å². The maximum absolute atomic E-state index is 10.4. The van der Waals surface area contributed by atoms with E-state index in [0.29, 0.717) is 5.70 Å². The molecule has 0 atom stereocenters. The minimum absolute atomic E-state index is 0.0215. The molecule has 0 spiro atoms. The number of hydrogen-bond acceptors (Lipinski definition) is 4. The van der Waals surface area contributed by atoms with Crippen LogP contribution in [0.4, 0.5) is 0 Å². The number of nitrogens with two attached hydrogens (primary N) is 2. The van der Waals surface area contributed by atoms with E-state index in [4.69, 9.17) is 11.5 Å². The Balaban J connectivity index is 4.26. The molecule has 0 heterocycles. The van der Waals surface area contributed by atoms with Crippen molar-refractivity contribution in [2.24, 2.45) is 11.5 Å². The molecule has 66 valence electrons. The lowest BCUT2D eigenvalue weighted by Gasteiger charge is -1.93. The van der Waals surface area contributed by atoms with E-state index in [2.05, 4.69) is 17.5 Å². The maximum atomic E-state index is 10.4. The van der Waals surface area contributed by atoms with Gasteiger partial charge in [0.25, 0.3) is 5.91 Å². The normalized spacial score (nSPS) is 11.6. The third-order valence-electron chi connectivity index (χ3n) is 0.983. The fraction of sp³-hybridized carbons (Fsp3) is 0.143. The van der Waals surface area contributed by atoms with Crippen molar-refractivity contribution in [1.82, 2.24) is 5.32 Å². The van der Waals surface area contributed by atoms with Gasteiger partial charge in [-0.15, -0.1) is 0 Å². The smallest absolute Gasteiger partial charge is 0.259 e. The van der Waals surface area contributed by atoms with Gasteiger partial charge >= 0.3 is 0 Å². The average Bonchev–Trinajstić information content (AvgIpc) is 2.00. The molecule has 0 unspecified atom stereocenters. The molecule has 5 N–H and O–H groups in total. The van der Waals surface area contributed by atoms with Crippen LogP contribution in [-0.4, -0.2) is 17.8 Å². The Hall–Kier alpha value is -1.36. The summed E-state index contributed by atoms with van der Waals surface area (Å²) >= 11 is 4.62. The van der Waals surface area contributed by atoms with E-state index < -0.39 is 5.91 Å². The molecule has 0 aliphatic carbocycles. The largest absolute Gasteiger partial charge is 0.399 e. The monoisotopic (exact) mass is 185 g/mol. The summed E-state index contributed by atoms with van der Waals surface area (Å²) in [4.78, 5) is 10.5. The third-order valence-corrected chi connectivity index (χ3v) is 1.30. The van der Waals surface area contributed by atoms with Gasteiger partial charge in [0.1, 0.15) is 4.86 Å². The SMILES string of the molecule is CN/C=C\C(N)=CC(=S)C(N)=O. The third kappa shape index (κ3) is 4.45. The number of nitrogens with one attached hydrogen (secondary N) is 1. The minimum atomic E-state index is -0.647. The van der Waals surface area contributed by atoms with Gasteiger partial charge in [-0.1, -0.05) is 12.2 Å². The molecule has 0 aromatic carbocycles. The van der Waals surface area contributed by atoms with Crippen molar-refractivity contribution in [3.63, 3.8) is 0 Å². The minimum Gasteiger partial charge on any atom is -0.399 e. The van der Waals surface area contributed by atoms with Gasteiger partial charge < -0.3 is 16.8 Å². The zero-order chi connectivity index (χ0) is 9.56. The van der Waals surface area contributed by atoms with Crippen LogP contribution in [0, 0.1) is 0 Å². The van der Waals surface area contributed by atoms with Crippen LogP contribution in [-0.2, 0) is 4.79 Å². The van der Waals surface area contributed by atoms with Crippen LogP contribution in [0.25, 0.3) is 0 Å². The van der Waals surface area contributed by atoms with Gasteiger partial charge in [-0.25, -0.2) is 0 Å². The lowest BCUT2D eigenvalue weighted by molar-refractivity contribution is -0.111. The highest BCUT2D eigenvalue weighted by Crippen LogP contribution is 1.88. The molecular weight excluding hydrogens is 174 g/mol. The highest BCUT2D eigenvalue weighted by Gasteiger charge is 1.98. The summed E-state index contributed by atoms with van der Waals surface area (Å²) in [6.45, 7) is 0.